The second kappa shape index (κ2) is 5.89. The number of carbonyl (C=O) groups excluding carboxylic acids is 1. The van der Waals surface area contributed by atoms with Gasteiger partial charge < -0.3 is 10.1 Å². The summed E-state index contributed by atoms with van der Waals surface area (Å²) in [6.07, 6.45) is 0.822. The first-order valence-electron chi connectivity index (χ1n) is 5.22. The van der Waals surface area contributed by atoms with Gasteiger partial charge in [0.15, 0.2) is 0 Å². The highest BCUT2D eigenvalue weighted by molar-refractivity contribution is 9.10. The van der Waals surface area contributed by atoms with E-state index in [1.165, 1.54) is 0 Å². The monoisotopic (exact) mass is 285 g/mol. The molecule has 1 aromatic rings. The molecule has 0 radical (unpaired) electrons. The summed E-state index contributed by atoms with van der Waals surface area (Å²) in [5, 5.41) is 2.86. The van der Waals surface area contributed by atoms with Crippen LogP contribution >= 0.6 is 15.9 Å². The summed E-state index contributed by atoms with van der Waals surface area (Å²) in [4.78, 5) is 11.7. The van der Waals surface area contributed by atoms with E-state index < -0.39 is 0 Å². The number of methoxy groups -OCH3 is 1. The fraction of sp³-hybridized carbons (Fsp3) is 0.417. The fourth-order valence-corrected chi connectivity index (χ4v) is 1.58. The Kier molecular flexibility index (Phi) is 4.80. The zero-order valence-electron chi connectivity index (χ0n) is 9.71. The van der Waals surface area contributed by atoms with Gasteiger partial charge in [-0.15, -0.1) is 0 Å². The Labute approximate surface area is 104 Å². The van der Waals surface area contributed by atoms with E-state index in [1.54, 1.807) is 7.11 Å². The average Bonchev–Trinajstić information content (AvgIpc) is 2.28. The molecule has 1 unspecified atom stereocenters. The van der Waals surface area contributed by atoms with Gasteiger partial charge in [-0.05, 0) is 24.6 Å². The summed E-state index contributed by atoms with van der Waals surface area (Å²) in [7, 11) is 1.59. The van der Waals surface area contributed by atoms with Crippen molar-refractivity contribution in [2.24, 2.45) is 5.92 Å². The standard InChI is InChI=1S/C12H16BrNO2/c1-4-8(2)12(15)14-10-7-9(13)5-6-11(10)16-3/h5-8H,4H2,1-3H3,(H,14,15). The number of hydrogen-bond donors (Lipinski definition) is 1. The minimum absolute atomic E-state index is 0.00341. The molecule has 1 N–H and O–H groups in total. The number of amides is 1. The van der Waals surface area contributed by atoms with Gasteiger partial charge in [-0.25, -0.2) is 0 Å². The van der Waals surface area contributed by atoms with Crippen LogP contribution in [0.3, 0.4) is 0 Å². The highest BCUT2D eigenvalue weighted by atomic mass is 79.9. The predicted molar refractivity (Wildman–Crippen MR) is 68.8 cm³/mol. The van der Waals surface area contributed by atoms with E-state index in [2.05, 4.69) is 21.2 Å². The summed E-state index contributed by atoms with van der Waals surface area (Å²) in [6.45, 7) is 3.89. The number of nitrogens with one attached hydrogen (secondary N) is 1. The zero-order chi connectivity index (χ0) is 12.1. The van der Waals surface area contributed by atoms with Crippen molar-refractivity contribution in [1.82, 2.24) is 0 Å². The number of ether oxygens (including phenoxy) is 1. The number of benzene rings is 1. The third-order valence-corrected chi connectivity index (χ3v) is 2.97. The molecule has 0 bridgehead atoms. The molecule has 0 aromatic heterocycles. The van der Waals surface area contributed by atoms with E-state index in [0.29, 0.717) is 11.4 Å². The maximum absolute atomic E-state index is 11.7. The second-order valence-corrected chi connectivity index (χ2v) is 4.56. The molecule has 1 amide bonds. The van der Waals surface area contributed by atoms with Crippen LogP contribution in [0.15, 0.2) is 22.7 Å². The van der Waals surface area contributed by atoms with Crippen molar-refractivity contribution in [3.8, 4) is 5.75 Å². The van der Waals surface area contributed by atoms with Crippen molar-refractivity contribution >= 4 is 27.5 Å². The predicted octanol–water partition coefficient (Wildman–Crippen LogP) is 3.44. The average molecular weight is 286 g/mol. The Balaban J connectivity index is 2.87. The lowest BCUT2D eigenvalue weighted by Crippen LogP contribution is -2.20. The molecule has 16 heavy (non-hydrogen) atoms. The first-order chi connectivity index (χ1) is 7.58. The molecule has 88 valence electrons. The number of anilines is 1. The summed E-state index contributed by atoms with van der Waals surface area (Å²) in [5.74, 6) is 0.683. The molecule has 3 nitrogen and oxygen atoms in total. The van der Waals surface area contributed by atoms with Gasteiger partial charge >= 0.3 is 0 Å². The SMILES string of the molecule is CCC(C)C(=O)Nc1cc(Br)ccc1OC. The van der Waals surface area contributed by atoms with Gasteiger partial charge in [0, 0.05) is 10.4 Å². The molecule has 1 rings (SSSR count). The number of hydrogen-bond acceptors (Lipinski definition) is 2. The van der Waals surface area contributed by atoms with E-state index in [0.717, 1.165) is 10.9 Å². The highest BCUT2D eigenvalue weighted by Crippen LogP contribution is 2.28. The van der Waals surface area contributed by atoms with Gasteiger partial charge in [0.25, 0.3) is 0 Å². The van der Waals surface area contributed by atoms with Gasteiger partial charge in [-0.2, -0.15) is 0 Å². The lowest BCUT2D eigenvalue weighted by molar-refractivity contribution is -0.119. The molecule has 1 atom stereocenters. The summed E-state index contributed by atoms with van der Waals surface area (Å²) >= 11 is 3.36. The van der Waals surface area contributed by atoms with Gasteiger partial charge in [0.2, 0.25) is 5.91 Å². The minimum atomic E-state index is 0.00341. The Morgan fingerprint density at radius 1 is 1.56 bits per heavy atom. The van der Waals surface area contributed by atoms with Crippen molar-refractivity contribution in [2.45, 2.75) is 20.3 Å². The molecular weight excluding hydrogens is 270 g/mol. The van der Waals surface area contributed by atoms with Crippen LogP contribution in [0.4, 0.5) is 5.69 Å². The summed E-state index contributed by atoms with van der Waals surface area (Å²) in [6, 6.07) is 5.52. The largest absolute Gasteiger partial charge is 0.495 e. The molecule has 0 aliphatic heterocycles. The van der Waals surface area contributed by atoms with Crippen LogP contribution in [0.2, 0.25) is 0 Å². The molecule has 0 saturated carbocycles. The zero-order valence-corrected chi connectivity index (χ0v) is 11.3. The first-order valence-corrected chi connectivity index (χ1v) is 6.02. The van der Waals surface area contributed by atoms with Crippen molar-refractivity contribution in [3.63, 3.8) is 0 Å². The van der Waals surface area contributed by atoms with Gasteiger partial charge in [-0.1, -0.05) is 29.8 Å². The Bertz CT molecular complexity index is 379. The number of halogens is 1. The van der Waals surface area contributed by atoms with Crippen LogP contribution in [-0.4, -0.2) is 13.0 Å². The van der Waals surface area contributed by atoms with Crippen LogP contribution < -0.4 is 10.1 Å². The van der Waals surface area contributed by atoms with Gasteiger partial charge in [0.1, 0.15) is 5.75 Å². The second-order valence-electron chi connectivity index (χ2n) is 3.64. The van der Waals surface area contributed by atoms with E-state index in [9.17, 15) is 4.79 Å². The van der Waals surface area contributed by atoms with Crippen molar-refractivity contribution in [1.29, 1.82) is 0 Å². The topological polar surface area (TPSA) is 38.3 Å². The maximum Gasteiger partial charge on any atom is 0.227 e. The molecule has 0 heterocycles. The van der Waals surface area contributed by atoms with Gasteiger partial charge in [-0.3, -0.25) is 4.79 Å². The number of carbonyl (C=O) groups is 1. The van der Waals surface area contributed by atoms with E-state index in [4.69, 9.17) is 4.74 Å². The third kappa shape index (κ3) is 3.23. The smallest absolute Gasteiger partial charge is 0.227 e. The normalized spacial score (nSPS) is 12.0. The fourth-order valence-electron chi connectivity index (χ4n) is 1.22. The third-order valence-electron chi connectivity index (χ3n) is 2.48. The van der Waals surface area contributed by atoms with E-state index >= 15 is 0 Å². The quantitative estimate of drug-likeness (QED) is 0.920. The molecule has 0 aliphatic carbocycles. The molecular formula is C12H16BrNO2. The maximum atomic E-state index is 11.7. The first kappa shape index (κ1) is 13.0. The van der Waals surface area contributed by atoms with E-state index in [-0.39, 0.29) is 11.8 Å². The lowest BCUT2D eigenvalue weighted by Gasteiger charge is -2.13. The van der Waals surface area contributed by atoms with Crippen molar-refractivity contribution < 1.29 is 9.53 Å². The Morgan fingerprint density at radius 3 is 2.81 bits per heavy atom. The lowest BCUT2D eigenvalue weighted by atomic mass is 10.1. The number of rotatable bonds is 4. The van der Waals surface area contributed by atoms with E-state index in [1.807, 2.05) is 32.0 Å². The molecule has 0 spiro atoms. The minimum Gasteiger partial charge on any atom is -0.495 e. The summed E-state index contributed by atoms with van der Waals surface area (Å²) < 4.78 is 6.09. The molecule has 1 aromatic carbocycles. The molecule has 4 heteroatoms. The van der Waals surface area contributed by atoms with Crippen LogP contribution in [0.1, 0.15) is 20.3 Å². The van der Waals surface area contributed by atoms with Crippen molar-refractivity contribution in [3.05, 3.63) is 22.7 Å². The Hall–Kier alpha value is -1.03. The highest BCUT2D eigenvalue weighted by Gasteiger charge is 2.13. The van der Waals surface area contributed by atoms with Crippen LogP contribution in [0.25, 0.3) is 0 Å². The van der Waals surface area contributed by atoms with Crippen LogP contribution in [0, 0.1) is 5.92 Å². The van der Waals surface area contributed by atoms with Gasteiger partial charge in [0.05, 0.1) is 12.8 Å². The summed E-state index contributed by atoms with van der Waals surface area (Å²) in [5.41, 5.74) is 0.696. The van der Waals surface area contributed by atoms with Crippen molar-refractivity contribution in [2.75, 3.05) is 12.4 Å². The molecule has 0 saturated heterocycles. The Morgan fingerprint density at radius 2 is 2.25 bits per heavy atom. The van der Waals surface area contributed by atoms with Crippen LogP contribution in [0.5, 0.6) is 5.75 Å². The molecule has 0 aliphatic rings. The van der Waals surface area contributed by atoms with Crippen LogP contribution in [-0.2, 0) is 4.79 Å². The molecule has 0 fully saturated rings.